The molecule has 4 nitrogen and oxygen atoms in total. The highest BCUT2D eigenvalue weighted by atomic mass is 16.4. The molecule has 0 radical (unpaired) electrons. The van der Waals surface area contributed by atoms with E-state index in [0.29, 0.717) is 5.65 Å². The molecule has 2 aromatic heterocycles. The maximum absolute atomic E-state index is 11.0. The molecule has 0 bridgehead atoms. The Hall–Kier alpha value is -1.84. The van der Waals surface area contributed by atoms with Gasteiger partial charge < -0.3 is 5.11 Å². The van der Waals surface area contributed by atoms with E-state index in [4.69, 9.17) is 5.11 Å². The predicted octanol–water partition coefficient (Wildman–Crippen LogP) is 2.16. The molecule has 4 heteroatoms. The topological polar surface area (TPSA) is 54.6 Å². The van der Waals surface area contributed by atoms with Gasteiger partial charge in [-0.2, -0.15) is 0 Å². The Morgan fingerprint density at radius 1 is 1.47 bits per heavy atom. The summed E-state index contributed by atoms with van der Waals surface area (Å²) in [4.78, 5) is 15.2. The number of aromatic carboxylic acids is 1. The molecule has 15 heavy (non-hydrogen) atoms. The summed E-state index contributed by atoms with van der Waals surface area (Å²) in [6.07, 6.45) is 1.73. The van der Waals surface area contributed by atoms with Gasteiger partial charge in [-0.1, -0.05) is 19.9 Å². The fraction of sp³-hybridized carbons (Fsp3) is 0.273. The molecule has 78 valence electrons. The maximum Gasteiger partial charge on any atom is 0.352 e. The highest BCUT2D eigenvalue weighted by molar-refractivity contribution is 5.86. The molecule has 0 aliphatic rings. The van der Waals surface area contributed by atoms with Gasteiger partial charge in [0.2, 0.25) is 0 Å². The molecule has 0 aliphatic carbocycles. The van der Waals surface area contributed by atoms with E-state index in [2.05, 4.69) is 4.98 Å². The van der Waals surface area contributed by atoms with Crippen molar-refractivity contribution in [2.24, 2.45) is 0 Å². The number of hydrogen-bond donors (Lipinski definition) is 1. The molecule has 1 N–H and O–H groups in total. The molecule has 0 atom stereocenters. The molecule has 0 amide bonds. The van der Waals surface area contributed by atoms with Crippen LogP contribution in [0.1, 0.15) is 35.9 Å². The van der Waals surface area contributed by atoms with Crippen LogP contribution in [0.3, 0.4) is 0 Å². The maximum atomic E-state index is 11.0. The number of nitrogens with zero attached hydrogens (tertiary/aromatic N) is 2. The lowest BCUT2D eigenvalue weighted by Gasteiger charge is -2.07. The standard InChI is InChI=1S/C11H12N2O2/c1-7(2)9-6-12-10-5-3-4-8(11(14)15)13(9)10/h3-7H,1-2H3,(H,14,15). The summed E-state index contributed by atoms with van der Waals surface area (Å²) in [5.41, 5.74) is 1.86. The Kier molecular flexibility index (Phi) is 2.19. The van der Waals surface area contributed by atoms with Crippen LogP contribution in [-0.2, 0) is 0 Å². The minimum atomic E-state index is -0.930. The molecule has 0 saturated heterocycles. The molecular formula is C11H12N2O2. The van der Waals surface area contributed by atoms with Crippen molar-refractivity contribution >= 4 is 11.6 Å². The van der Waals surface area contributed by atoms with E-state index in [9.17, 15) is 4.79 Å². The number of carboxylic acids is 1. The monoisotopic (exact) mass is 204 g/mol. The van der Waals surface area contributed by atoms with Gasteiger partial charge in [0.05, 0.1) is 0 Å². The van der Waals surface area contributed by atoms with Crippen molar-refractivity contribution in [3.8, 4) is 0 Å². The van der Waals surface area contributed by atoms with Crippen molar-refractivity contribution in [1.29, 1.82) is 0 Å². The lowest BCUT2D eigenvalue weighted by Crippen LogP contribution is -2.07. The zero-order valence-corrected chi connectivity index (χ0v) is 8.64. The lowest BCUT2D eigenvalue weighted by molar-refractivity contribution is 0.0688. The van der Waals surface area contributed by atoms with Crippen LogP contribution in [0.25, 0.3) is 5.65 Å². The van der Waals surface area contributed by atoms with Crippen molar-refractivity contribution in [2.45, 2.75) is 19.8 Å². The van der Waals surface area contributed by atoms with E-state index >= 15 is 0 Å². The van der Waals surface area contributed by atoms with Crippen molar-refractivity contribution in [3.05, 3.63) is 35.8 Å². The van der Waals surface area contributed by atoms with Crippen LogP contribution in [0.4, 0.5) is 0 Å². The van der Waals surface area contributed by atoms with Crippen molar-refractivity contribution in [1.82, 2.24) is 9.38 Å². The SMILES string of the molecule is CC(C)c1cnc2cccc(C(=O)O)n12. The van der Waals surface area contributed by atoms with Crippen LogP contribution < -0.4 is 0 Å². The van der Waals surface area contributed by atoms with E-state index in [1.165, 1.54) is 0 Å². The van der Waals surface area contributed by atoms with Crippen LogP contribution in [0, 0.1) is 0 Å². The van der Waals surface area contributed by atoms with Gasteiger partial charge >= 0.3 is 5.97 Å². The minimum Gasteiger partial charge on any atom is -0.477 e. The quantitative estimate of drug-likeness (QED) is 0.815. The summed E-state index contributed by atoms with van der Waals surface area (Å²) in [5, 5.41) is 9.06. The van der Waals surface area contributed by atoms with E-state index in [1.54, 1.807) is 28.8 Å². The van der Waals surface area contributed by atoms with E-state index in [-0.39, 0.29) is 11.6 Å². The van der Waals surface area contributed by atoms with Gasteiger partial charge in [0.1, 0.15) is 11.3 Å². The van der Waals surface area contributed by atoms with E-state index in [0.717, 1.165) is 5.69 Å². The fourth-order valence-corrected chi connectivity index (χ4v) is 1.63. The zero-order valence-electron chi connectivity index (χ0n) is 8.64. The molecule has 2 rings (SSSR count). The van der Waals surface area contributed by atoms with Crippen LogP contribution in [0.2, 0.25) is 0 Å². The highest BCUT2D eigenvalue weighted by Crippen LogP contribution is 2.18. The van der Waals surface area contributed by atoms with Crippen LogP contribution in [0.5, 0.6) is 0 Å². The molecule has 0 aromatic carbocycles. The number of pyridine rings is 1. The summed E-state index contributed by atoms with van der Waals surface area (Å²) in [6.45, 7) is 4.03. The van der Waals surface area contributed by atoms with Crippen molar-refractivity contribution < 1.29 is 9.90 Å². The third kappa shape index (κ3) is 1.48. The first kappa shape index (κ1) is 9.71. The summed E-state index contributed by atoms with van der Waals surface area (Å²) in [7, 11) is 0. The van der Waals surface area contributed by atoms with Gasteiger partial charge in [0.25, 0.3) is 0 Å². The smallest absolute Gasteiger partial charge is 0.352 e. The number of aromatic nitrogens is 2. The average molecular weight is 204 g/mol. The fourth-order valence-electron chi connectivity index (χ4n) is 1.63. The Morgan fingerprint density at radius 2 is 2.20 bits per heavy atom. The molecular weight excluding hydrogens is 192 g/mol. The normalized spacial score (nSPS) is 11.1. The number of carbonyl (C=O) groups is 1. The lowest BCUT2D eigenvalue weighted by atomic mass is 10.1. The van der Waals surface area contributed by atoms with Crippen molar-refractivity contribution in [3.63, 3.8) is 0 Å². The van der Waals surface area contributed by atoms with Crippen LogP contribution >= 0.6 is 0 Å². The molecule has 2 aromatic rings. The Bertz CT molecular complexity index is 514. The molecule has 0 unspecified atom stereocenters. The Balaban J connectivity index is 2.80. The summed E-state index contributed by atoms with van der Waals surface area (Å²) in [5.74, 6) is -0.680. The first-order valence-electron chi connectivity index (χ1n) is 4.81. The Morgan fingerprint density at radius 3 is 2.80 bits per heavy atom. The summed E-state index contributed by atoms with van der Waals surface area (Å²) >= 11 is 0. The second-order valence-electron chi connectivity index (χ2n) is 3.75. The summed E-state index contributed by atoms with van der Waals surface area (Å²) in [6, 6.07) is 5.09. The number of fused-ring (bicyclic) bond motifs is 1. The van der Waals surface area contributed by atoms with Gasteiger partial charge in [-0.25, -0.2) is 9.78 Å². The van der Waals surface area contributed by atoms with Crippen LogP contribution in [0.15, 0.2) is 24.4 Å². The number of rotatable bonds is 2. The zero-order chi connectivity index (χ0) is 11.0. The average Bonchev–Trinajstić information content (AvgIpc) is 2.60. The molecule has 0 saturated carbocycles. The van der Waals surface area contributed by atoms with Gasteiger partial charge in [-0.15, -0.1) is 0 Å². The van der Waals surface area contributed by atoms with Gasteiger partial charge in [-0.05, 0) is 18.1 Å². The van der Waals surface area contributed by atoms with Crippen LogP contribution in [-0.4, -0.2) is 20.5 Å². The second kappa shape index (κ2) is 3.38. The number of imidazole rings is 1. The first-order chi connectivity index (χ1) is 7.11. The molecule has 0 fully saturated rings. The van der Waals surface area contributed by atoms with Gasteiger partial charge in [0, 0.05) is 11.9 Å². The minimum absolute atomic E-state index is 0.250. The molecule has 2 heterocycles. The third-order valence-corrected chi connectivity index (χ3v) is 2.37. The highest BCUT2D eigenvalue weighted by Gasteiger charge is 2.13. The van der Waals surface area contributed by atoms with Gasteiger partial charge in [-0.3, -0.25) is 4.40 Å². The van der Waals surface area contributed by atoms with E-state index < -0.39 is 5.97 Å². The number of hydrogen-bond acceptors (Lipinski definition) is 2. The third-order valence-electron chi connectivity index (χ3n) is 2.37. The first-order valence-corrected chi connectivity index (χ1v) is 4.81. The Labute approximate surface area is 87.2 Å². The van der Waals surface area contributed by atoms with Crippen molar-refractivity contribution in [2.75, 3.05) is 0 Å². The summed E-state index contributed by atoms with van der Waals surface area (Å²) < 4.78 is 1.69. The predicted molar refractivity (Wildman–Crippen MR) is 56.2 cm³/mol. The largest absolute Gasteiger partial charge is 0.477 e. The van der Waals surface area contributed by atoms with Gasteiger partial charge in [0.15, 0.2) is 0 Å². The van der Waals surface area contributed by atoms with E-state index in [1.807, 2.05) is 13.8 Å². The second-order valence-corrected chi connectivity index (χ2v) is 3.75. The molecule has 0 spiro atoms. The molecule has 0 aliphatic heterocycles. The number of carboxylic acid groups (broad SMARTS) is 1.